The molecular weight excluding hydrogens is 515 g/mol. The fourth-order valence-electron chi connectivity index (χ4n) is 4.80. The normalized spacial score (nSPS) is 16.5. The Morgan fingerprint density at radius 2 is 1.73 bits per heavy atom. The van der Waals surface area contributed by atoms with Crippen LogP contribution >= 0.6 is 11.6 Å². The van der Waals surface area contributed by atoms with E-state index in [0.29, 0.717) is 62.3 Å². The summed E-state index contributed by atoms with van der Waals surface area (Å²) in [7, 11) is -1.76. The van der Waals surface area contributed by atoms with E-state index in [0.717, 1.165) is 17.1 Å². The van der Waals surface area contributed by atoms with E-state index < -0.39 is 10.0 Å². The molecule has 2 aromatic carbocycles. The fourth-order valence-corrected chi connectivity index (χ4v) is 6.51. The summed E-state index contributed by atoms with van der Waals surface area (Å²) in [6.07, 6.45) is 0.490. The lowest BCUT2D eigenvalue weighted by atomic mass is 10.1. The van der Waals surface area contributed by atoms with Gasteiger partial charge in [-0.05, 0) is 37.3 Å². The molecular formula is C26H30ClFN6O2S. The van der Waals surface area contributed by atoms with Crippen LogP contribution in [0.1, 0.15) is 18.2 Å². The number of hydrogen-bond donors (Lipinski definition) is 0. The monoisotopic (exact) mass is 544 g/mol. The first-order valence-electron chi connectivity index (χ1n) is 12.4. The van der Waals surface area contributed by atoms with Crippen LogP contribution in [0.4, 0.5) is 21.8 Å². The minimum absolute atomic E-state index is 0.180. The van der Waals surface area contributed by atoms with E-state index >= 15 is 0 Å². The summed E-state index contributed by atoms with van der Waals surface area (Å²) in [6, 6.07) is 13.2. The molecule has 0 unspecified atom stereocenters. The van der Waals surface area contributed by atoms with Gasteiger partial charge in [0.25, 0.3) is 0 Å². The van der Waals surface area contributed by atoms with Gasteiger partial charge in [0.1, 0.15) is 11.6 Å². The summed E-state index contributed by atoms with van der Waals surface area (Å²) in [4.78, 5) is 16.2. The van der Waals surface area contributed by atoms with Crippen molar-refractivity contribution in [3.63, 3.8) is 0 Å². The highest BCUT2D eigenvalue weighted by molar-refractivity contribution is 7.89. The molecule has 1 aromatic heterocycles. The molecule has 0 amide bonds. The van der Waals surface area contributed by atoms with Gasteiger partial charge in [0.2, 0.25) is 16.0 Å². The number of sulfonamides is 1. The number of anilines is 3. The molecule has 11 heteroatoms. The molecule has 0 atom stereocenters. The van der Waals surface area contributed by atoms with Gasteiger partial charge in [0, 0.05) is 69.9 Å². The smallest absolute Gasteiger partial charge is 0.243 e. The van der Waals surface area contributed by atoms with Gasteiger partial charge in [-0.1, -0.05) is 29.8 Å². The molecule has 0 N–H and O–H groups in total. The number of nitrogens with zero attached hydrogens (tertiary/aromatic N) is 6. The standard InChI is InChI=1S/C26H30ClFN6O2S/c1-3-31(2)25-21-18-34(37(35,36)20-8-6-7-19(27)17-20)12-11-23(21)29-26(30-25)33-15-13-32(14-16-33)24-10-5-4-9-22(24)28/h4-10,17H,3,11-16,18H2,1-2H3. The lowest BCUT2D eigenvalue weighted by molar-refractivity contribution is 0.387. The Balaban J connectivity index is 1.40. The first kappa shape index (κ1) is 25.7. The molecule has 0 saturated carbocycles. The van der Waals surface area contributed by atoms with Gasteiger partial charge >= 0.3 is 0 Å². The van der Waals surface area contributed by atoms with Crippen LogP contribution in [0, 0.1) is 5.82 Å². The van der Waals surface area contributed by atoms with Gasteiger partial charge in [-0.2, -0.15) is 9.29 Å². The number of fused-ring (bicyclic) bond motifs is 1. The van der Waals surface area contributed by atoms with Gasteiger partial charge in [-0.25, -0.2) is 17.8 Å². The van der Waals surface area contributed by atoms with E-state index in [-0.39, 0.29) is 17.3 Å². The predicted octanol–water partition coefficient (Wildman–Crippen LogP) is 3.80. The molecule has 37 heavy (non-hydrogen) atoms. The van der Waals surface area contributed by atoms with Crippen LogP contribution < -0.4 is 14.7 Å². The Bertz CT molecular complexity index is 1400. The van der Waals surface area contributed by atoms with E-state index in [1.807, 2.05) is 29.8 Å². The van der Waals surface area contributed by atoms with E-state index in [1.165, 1.54) is 16.4 Å². The molecule has 2 aliphatic rings. The second-order valence-corrected chi connectivity index (χ2v) is 11.6. The highest BCUT2D eigenvalue weighted by atomic mass is 35.5. The van der Waals surface area contributed by atoms with Crippen molar-refractivity contribution < 1.29 is 12.8 Å². The number of hydrogen-bond acceptors (Lipinski definition) is 7. The lowest BCUT2D eigenvalue weighted by Gasteiger charge is -2.37. The predicted molar refractivity (Wildman–Crippen MR) is 145 cm³/mol. The van der Waals surface area contributed by atoms with Crippen molar-refractivity contribution in [1.29, 1.82) is 0 Å². The number of para-hydroxylation sites is 1. The topological polar surface area (TPSA) is 72.9 Å². The highest BCUT2D eigenvalue weighted by Crippen LogP contribution is 2.32. The van der Waals surface area contributed by atoms with Crippen LogP contribution in [0.25, 0.3) is 0 Å². The van der Waals surface area contributed by atoms with Crippen LogP contribution in [0.15, 0.2) is 53.4 Å². The molecule has 0 radical (unpaired) electrons. The maximum atomic E-state index is 14.3. The molecule has 0 aliphatic carbocycles. The number of rotatable bonds is 6. The second-order valence-electron chi connectivity index (χ2n) is 9.26. The zero-order valence-corrected chi connectivity index (χ0v) is 22.5. The highest BCUT2D eigenvalue weighted by Gasteiger charge is 2.33. The molecule has 196 valence electrons. The third kappa shape index (κ3) is 5.10. The summed E-state index contributed by atoms with van der Waals surface area (Å²) in [5.41, 5.74) is 2.31. The van der Waals surface area contributed by atoms with Gasteiger partial charge in [0.15, 0.2) is 0 Å². The van der Waals surface area contributed by atoms with Crippen molar-refractivity contribution >= 4 is 39.1 Å². The first-order chi connectivity index (χ1) is 17.8. The Labute approximate surface area is 222 Å². The molecule has 8 nitrogen and oxygen atoms in total. The Morgan fingerprint density at radius 1 is 1.00 bits per heavy atom. The molecule has 0 spiro atoms. The van der Waals surface area contributed by atoms with Crippen LogP contribution in [-0.4, -0.2) is 69.0 Å². The Morgan fingerprint density at radius 3 is 2.43 bits per heavy atom. The maximum absolute atomic E-state index is 14.3. The van der Waals surface area contributed by atoms with E-state index in [1.54, 1.807) is 30.3 Å². The minimum atomic E-state index is -3.71. The summed E-state index contributed by atoms with van der Waals surface area (Å²) >= 11 is 6.06. The van der Waals surface area contributed by atoms with E-state index in [9.17, 15) is 12.8 Å². The minimum Gasteiger partial charge on any atom is -0.366 e. The van der Waals surface area contributed by atoms with Gasteiger partial charge in [0.05, 0.1) is 16.3 Å². The zero-order valence-electron chi connectivity index (χ0n) is 20.9. The average Bonchev–Trinajstić information content (AvgIpc) is 2.92. The van der Waals surface area contributed by atoms with E-state index in [4.69, 9.17) is 21.6 Å². The van der Waals surface area contributed by atoms with Crippen LogP contribution in [0.5, 0.6) is 0 Å². The van der Waals surface area contributed by atoms with Crippen molar-refractivity contribution in [2.75, 3.05) is 61.0 Å². The summed E-state index contributed by atoms with van der Waals surface area (Å²) in [6.45, 7) is 5.92. The van der Waals surface area contributed by atoms with Crippen LogP contribution in [0.3, 0.4) is 0 Å². The van der Waals surface area contributed by atoms with Crippen LogP contribution in [0.2, 0.25) is 5.02 Å². The van der Waals surface area contributed by atoms with Gasteiger partial charge in [-0.3, -0.25) is 0 Å². The Hall–Kier alpha value is -2.95. The van der Waals surface area contributed by atoms with Crippen molar-refractivity contribution in [3.8, 4) is 0 Å². The number of aromatic nitrogens is 2. The maximum Gasteiger partial charge on any atom is 0.243 e. The largest absolute Gasteiger partial charge is 0.366 e. The fraction of sp³-hybridized carbons (Fsp3) is 0.385. The lowest BCUT2D eigenvalue weighted by Crippen LogP contribution is -2.47. The molecule has 2 aliphatic heterocycles. The van der Waals surface area contributed by atoms with Crippen LogP contribution in [-0.2, 0) is 23.0 Å². The third-order valence-electron chi connectivity index (χ3n) is 7.02. The molecule has 3 heterocycles. The van der Waals surface area contributed by atoms with Crippen molar-refractivity contribution in [3.05, 3.63) is 70.6 Å². The Kier molecular flexibility index (Phi) is 7.24. The second kappa shape index (κ2) is 10.4. The van der Waals surface area contributed by atoms with Crippen molar-refractivity contribution in [2.45, 2.75) is 24.8 Å². The average molecular weight is 545 g/mol. The summed E-state index contributed by atoms with van der Waals surface area (Å²) in [5.74, 6) is 1.16. The first-order valence-corrected chi connectivity index (χ1v) is 14.2. The molecule has 3 aromatic rings. The van der Waals surface area contributed by atoms with Gasteiger partial charge in [-0.15, -0.1) is 0 Å². The molecule has 0 bridgehead atoms. The molecule has 1 saturated heterocycles. The summed E-state index contributed by atoms with van der Waals surface area (Å²) in [5, 5.41) is 0.382. The van der Waals surface area contributed by atoms with Gasteiger partial charge < -0.3 is 14.7 Å². The third-order valence-corrected chi connectivity index (χ3v) is 9.09. The number of halogens is 2. The quantitative estimate of drug-likeness (QED) is 0.467. The van der Waals surface area contributed by atoms with Crippen molar-refractivity contribution in [1.82, 2.24) is 14.3 Å². The molecule has 5 rings (SSSR count). The zero-order chi connectivity index (χ0) is 26.2. The summed E-state index contributed by atoms with van der Waals surface area (Å²) < 4.78 is 42.5. The molecule has 1 fully saturated rings. The van der Waals surface area contributed by atoms with Crippen molar-refractivity contribution in [2.24, 2.45) is 0 Å². The SMILES string of the molecule is CCN(C)c1nc(N2CCN(c3ccccc3F)CC2)nc2c1CN(S(=O)(=O)c1cccc(Cl)c1)CC2. The van der Waals surface area contributed by atoms with E-state index in [2.05, 4.69) is 4.90 Å². The number of benzene rings is 2. The number of piperazine rings is 1.